The first-order valence-electron chi connectivity index (χ1n) is 10.5. The predicted molar refractivity (Wildman–Crippen MR) is 118 cm³/mol. The molecule has 1 amide bonds. The molecule has 0 saturated carbocycles. The highest BCUT2D eigenvalue weighted by atomic mass is 16.3. The van der Waals surface area contributed by atoms with Gasteiger partial charge in [-0.1, -0.05) is 60.7 Å². The maximum absolute atomic E-state index is 12.6. The Balaban J connectivity index is 1.43. The Morgan fingerprint density at radius 1 is 1.03 bits per heavy atom. The summed E-state index contributed by atoms with van der Waals surface area (Å²) in [4.78, 5) is 19.0. The van der Waals surface area contributed by atoms with Crippen molar-refractivity contribution in [2.75, 3.05) is 11.4 Å². The van der Waals surface area contributed by atoms with Crippen LogP contribution in [0.25, 0.3) is 0 Å². The van der Waals surface area contributed by atoms with Gasteiger partial charge in [-0.2, -0.15) is 0 Å². The van der Waals surface area contributed by atoms with Gasteiger partial charge in [-0.15, -0.1) is 0 Å². The Morgan fingerprint density at radius 3 is 2.47 bits per heavy atom. The van der Waals surface area contributed by atoms with Gasteiger partial charge >= 0.3 is 0 Å². The molecule has 0 spiro atoms. The number of rotatable bonds is 6. The highest BCUT2D eigenvalue weighted by Crippen LogP contribution is 2.29. The van der Waals surface area contributed by atoms with E-state index in [1.54, 1.807) is 18.3 Å². The zero-order valence-electron chi connectivity index (χ0n) is 16.9. The van der Waals surface area contributed by atoms with E-state index in [1.165, 1.54) is 5.56 Å². The van der Waals surface area contributed by atoms with Crippen LogP contribution in [-0.4, -0.2) is 28.8 Å². The van der Waals surface area contributed by atoms with Crippen molar-refractivity contribution in [3.63, 3.8) is 0 Å². The number of carbonyl (C=O) groups is 1. The molecule has 1 fully saturated rings. The van der Waals surface area contributed by atoms with Crippen molar-refractivity contribution in [1.29, 1.82) is 0 Å². The quantitative estimate of drug-likeness (QED) is 0.660. The van der Waals surface area contributed by atoms with Crippen LogP contribution >= 0.6 is 0 Å². The number of carbonyl (C=O) groups excluding carboxylic acids is 1. The first-order valence-corrected chi connectivity index (χ1v) is 10.5. The van der Waals surface area contributed by atoms with E-state index in [-0.39, 0.29) is 11.8 Å². The number of pyridine rings is 1. The second kappa shape index (κ2) is 9.55. The monoisotopic (exact) mass is 401 g/mol. The minimum atomic E-state index is -0.617. The molecule has 0 bridgehead atoms. The largest absolute Gasteiger partial charge is 0.373 e. The average molecular weight is 402 g/mol. The van der Waals surface area contributed by atoms with Crippen LogP contribution in [0.4, 0.5) is 5.82 Å². The summed E-state index contributed by atoms with van der Waals surface area (Å²) in [6.45, 7) is 1.21. The Kier molecular flexibility index (Phi) is 6.40. The SMILES string of the molecule is O=C(NCc1ccccc1)c1ccnc(N2CCCC(Cc3ccccc3)C2O)c1. The Labute approximate surface area is 177 Å². The molecule has 2 N–H and O–H groups in total. The zero-order valence-corrected chi connectivity index (χ0v) is 16.9. The van der Waals surface area contributed by atoms with Crippen LogP contribution in [0.3, 0.4) is 0 Å². The fourth-order valence-corrected chi connectivity index (χ4v) is 4.03. The van der Waals surface area contributed by atoms with Crippen molar-refractivity contribution >= 4 is 11.7 Å². The van der Waals surface area contributed by atoms with E-state index in [9.17, 15) is 9.90 Å². The van der Waals surface area contributed by atoms with Gasteiger partial charge < -0.3 is 15.3 Å². The summed E-state index contributed by atoms with van der Waals surface area (Å²) in [5.41, 5.74) is 2.83. The summed E-state index contributed by atoms with van der Waals surface area (Å²) >= 11 is 0. The van der Waals surface area contributed by atoms with Crippen LogP contribution in [0.1, 0.15) is 34.3 Å². The minimum absolute atomic E-state index is 0.138. The highest BCUT2D eigenvalue weighted by molar-refractivity contribution is 5.94. The number of aliphatic hydroxyl groups is 1. The lowest BCUT2D eigenvalue weighted by Gasteiger charge is -2.39. The van der Waals surface area contributed by atoms with E-state index in [1.807, 2.05) is 53.4 Å². The average Bonchev–Trinajstić information content (AvgIpc) is 2.80. The first kappa shape index (κ1) is 20.1. The van der Waals surface area contributed by atoms with Crippen LogP contribution in [0.15, 0.2) is 79.0 Å². The van der Waals surface area contributed by atoms with Gasteiger partial charge in [0.2, 0.25) is 0 Å². The molecule has 154 valence electrons. The van der Waals surface area contributed by atoms with Crippen molar-refractivity contribution < 1.29 is 9.90 Å². The predicted octanol–water partition coefficient (Wildman–Crippen LogP) is 3.79. The summed E-state index contributed by atoms with van der Waals surface area (Å²) in [5, 5.41) is 14.0. The van der Waals surface area contributed by atoms with Gasteiger partial charge in [-0.3, -0.25) is 4.79 Å². The number of nitrogens with one attached hydrogen (secondary N) is 1. The fraction of sp³-hybridized carbons (Fsp3) is 0.280. The van der Waals surface area contributed by atoms with Crippen LogP contribution in [0.2, 0.25) is 0 Å². The molecular weight excluding hydrogens is 374 g/mol. The smallest absolute Gasteiger partial charge is 0.251 e. The number of nitrogens with zero attached hydrogens (tertiary/aromatic N) is 2. The van der Waals surface area contributed by atoms with Crippen molar-refractivity contribution in [3.05, 3.63) is 95.7 Å². The van der Waals surface area contributed by atoms with Gasteiger partial charge in [0.25, 0.3) is 5.91 Å². The number of aliphatic hydroxyl groups excluding tert-OH is 1. The van der Waals surface area contributed by atoms with Crippen molar-refractivity contribution in [2.24, 2.45) is 5.92 Å². The third kappa shape index (κ3) is 4.86. The molecule has 1 aromatic heterocycles. The first-order chi connectivity index (χ1) is 14.7. The summed E-state index contributed by atoms with van der Waals surface area (Å²) < 4.78 is 0. The van der Waals surface area contributed by atoms with Gasteiger partial charge in [0.1, 0.15) is 12.0 Å². The third-order valence-corrected chi connectivity index (χ3v) is 5.65. The van der Waals surface area contributed by atoms with Gasteiger partial charge in [0.15, 0.2) is 0 Å². The molecule has 2 aromatic carbocycles. The highest BCUT2D eigenvalue weighted by Gasteiger charge is 2.31. The molecule has 1 aliphatic heterocycles. The molecule has 2 unspecified atom stereocenters. The number of hydrogen-bond donors (Lipinski definition) is 2. The molecule has 30 heavy (non-hydrogen) atoms. The molecule has 3 aromatic rings. The van der Waals surface area contributed by atoms with E-state index in [0.29, 0.717) is 17.9 Å². The van der Waals surface area contributed by atoms with Crippen molar-refractivity contribution in [3.8, 4) is 0 Å². The molecule has 5 nitrogen and oxygen atoms in total. The molecular formula is C25H27N3O2. The summed E-state index contributed by atoms with van der Waals surface area (Å²) in [5.74, 6) is 0.640. The maximum atomic E-state index is 12.6. The number of anilines is 1. The van der Waals surface area contributed by atoms with Gasteiger partial charge in [-0.25, -0.2) is 4.98 Å². The molecule has 4 rings (SSSR count). The van der Waals surface area contributed by atoms with E-state index < -0.39 is 6.23 Å². The van der Waals surface area contributed by atoms with E-state index >= 15 is 0 Å². The van der Waals surface area contributed by atoms with Crippen LogP contribution in [-0.2, 0) is 13.0 Å². The van der Waals surface area contributed by atoms with Crippen molar-refractivity contribution in [2.45, 2.75) is 32.0 Å². The molecule has 1 aliphatic rings. The number of aromatic nitrogens is 1. The third-order valence-electron chi connectivity index (χ3n) is 5.65. The lowest BCUT2D eigenvalue weighted by atomic mass is 9.89. The number of piperidine rings is 1. The minimum Gasteiger partial charge on any atom is -0.373 e. The lowest BCUT2D eigenvalue weighted by molar-refractivity contribution is 0.0785. The number of benzene rings is 2. The normalized spacial score (nSPS) is 18.8. The standard InChI is InChI=1S/C25H27N3O2/c29-24(27-18-20-10-5-2-6-11-20)21-13-14-26-23(17-21)28-15-7-12-22(25(28)30)16-19-8-3-1-4-9-19/h1-6,8-11,13-14,17,22,25,30H,7,12,15-16,18H2,(H,27,29). The van der Waals surface area contributed by atoms with Gasteiger partial charge in [-0.05, 0) is 42.5 Å². The molecule has 2 atom stereocenters. The summed E-state index contributed by atoms with van der Waals surface area (Å²) in [7, 11) is 0. The Morgan fingerprint density at radius 2 is 1.73 bits per heavy atom. The topological polar surface area (TPSA) is 65.5 Å². The van der Waals surface area contributed by atoms with Crippen molar-refractivity contribution in [1.82, 2.24) is 10.3 Å². The molecule has 5 heteroatoms. The summed E-state index contributed by atoms with van der Waals surface area (Å²) in [6.07, 6.45) is 3.81. The Bertz CT molecular complexity index is 962. The lowest BCUT2D eigenvalue weighted by Crippen LogP contribution is -2.46. The zero-order chi connectivity index (χ0) is 20.8. The van der Waals surface area contributed by atoms with Gasteiger partial charge in [0.05, 0.1) is 0 Å². The molecule has 0 radical (unpaired) electrons. The maximum Gasteiger partial charge on any atom is 0.251 e. The number of amides is 1. The summed E-state index contributed by atoms with van der Waals surface area (Å²) in [6, 6.07) is 23.6. The van der Waals surface area contributed by atoms with E-state index in [4.69, 9.17) is 0 Å². The van der Waals surface area contributed by atoms with Crippen LogP contribution < -0.4 is 10.2 Å². The molecule has 2 heterocycles. The van der Waals surface area contributed by atoms with E-state index in [0.717, 1.165) is 31.4 Å². The molecule has 0 aliphatic carbocycles. The van der Waals surface area contributed by atoms with Crippen LogP contribution in [0, 0.1) is 5.92 Å². The second-order valence-corrected chi connectivity index (χ2v) is 7.77. The Hall–Kier alpha value is -3.18. The number of hydrogen-bond acceptors (Lipinski definition) is 4. The second-order valence-electron chi connectivity index (χ2n) is 7.77. The fourth-order valence-electron chi connectivity index (χ4n) is 4.03. The van der Waals surface area contributed by atoms with Gasteiger partial charge in [0, 0.05) is 30.8 Å². The van der Waals surface area contributed by atoms with E-state index in [2.05, 4.69) is 22.4 Å². The molecule has 1 saturated heterocycles. The van der Waals surface area contributed by atoms with Crippen LogP contribution in [0.5, 0.6) is 0 Å².